The Morgan fingerprint density at radius 1 is 0.375 bits per heavy atom. The molecule has 0 heterocycles. The Bertz CT molecular complexity index is 237. The Morgan fingerprint density at radius 3 is 0.625 bits per heavy atom. The van der Waals surface area contributed by atoms with Gasteiger partial charge in [-0.15, -0.1) is 0 Å². The van der Waals surface area contributed by atoms with E-state index in [4.69, 9.17) is 0 Å². The topological polar surface area (TPSA) is 0 Å². The fourth-order valence-electron chi connectivity index (χ4n) is 0.962. The van der Waals surface area contributed by atoms with Crippen molar-refractivity contribution in [2.75, 3.05) is 0 Å². The Labute approximate surface area is 130 Å². The van der Waals surface area contributed by atoms with Gasteiger partial charge in [-0.1, -0.05) is 0 Å². The summed E-state index contributed by atoms with van der Waals surface area (Å²) in [4.78, 5) is 0. The summed E-state index contributed by atoms with van der Waals surface area (Å²) in [6, 6.07) is 30.0. The van der Waals surface area contributed by atoms with Crippen molar-refractivity contribution < 1.29 is 39.9 Å². The van der Waals surface area contributed by atoms with E-state index in [1.807, 2.05) is 91.0 Å². The predicted molar refractivity (Wildman–Crippen MR) is 66.1 cm³/mol. The fraction of sp³-hybridized carbons (Fsp3) is 0. The van der Waals surface area contributed by atoms with E-state index in [-0.39, 0.29) is 39.9 Å². The normalized spacial score (nSPS) is 7.50. The van der Waals surface area contributed by atoms with Crippen molar-refractivity contribution >= 4 is 0 Å². The van der Waals surface area contributed by atoms with Crippen LogP contribution in [0.3, 0.4) is 0 Å². The van der Waals surface area contributed by atoms with E-state index < -0.39 is 0 Å². The Hall–Kier alpha value is -0.625. The second-order valence-corrected chi connectivity index (χ2v) is 2.89. The van der Waals surface area contributed by atoms with Gasteiger partial charge in [0.25, 0.3) is 0 Å². The van der Waals surface area contributed by atoms with Crippen LogP contribution in [0.2, 0.25) is 0 Å². The van der Waals surface area contributed by atoms with Gasteiger partial charge < -0.3 is 0 Å². The summed E-state index contributed by atoms with van der Waals surface area (Å²) in [6.07, 6.45) is 0. The van der Waals surface area contributed by atoms with Crippen LogP contribution in [0.25, 0.3) is 0 Å². The van der Waals surface area contributed by atoms with E-state index in [0.717, 1.165) is 0 Å². The summed E-state index contributed by atoms with van der Waals surface area (Å²) in [5.74, 6) is 0. The molecule has 0 spiro atoms. The van der Waals surface area contributed by atoms with Crippen molar-refractivity contribution in [3.63, 3.8) is 0 Å². The maximum atomic E-state index is 2.00. The largest absolute Gasteiger partial charge is 0.214 e. The molecule has 0 amide bonds. The average molecular weight is 353 g/mol. The Balaban J connectivity index is 0.000000205. The van der Waals surface area contributed by atoms with Crippen molar-refractivity contribution in [1.29, 1.82) is 0 Å². The van der Waals surface area contributed by atoms with Crippen LogP contribution in [0.15, 0.2) is 91.0 Å². The van der Waals surface area contributed by atoms with Crippen LogP contribution < -0.4 is 0 Å². The first kappa shape index (κ1) is 15.4. The Kier molecular flexibility index (Phi) is 12.0. The molecule has 0 atom stereocenters. The summed E-state index contributed by atoms with van der Waals surface area (Å²) in [5.41, 5.74) is 0. The number of hydrogen-bond acceptors (Lipinski definition) is 0. The van der Waals surface area contributed by atoms with Crippen molar-refractivity contribution in [3.05, 3.63) is 91.0 Å². The molecule has 0 radical (unpaired) electrons. The summed E-state index contributed by atoms with van der Waals surface area (Å²) in [7, 11) is 0. The second kappa shape index (κ2) is 12.4. The van der Waals surface area contributed by atoms with Crippen LogP contribution in [0, 0.1) is 39.9 Å². The van der Waals surface area contributed by atoms with Crippen LogP contribution in [0.1, 0.15) is 0 Å². The first-order chi connectivity index (χ1) is 7.50. The molecule has 0 bridgehead atoms. The van der Waals surface area contributed by atoms with Gasteiger partial charge >= 0.3 is 0 Å². The molecule has 1 heteroatoms. The molecular formula is C15H15Gd-3. The Morgan fingerprint density at radius 2 is 0.562 bits per heavy atom. The second-order valence-electron chi connectivity index (χ2n) is 2.89. The maximum absolute atomic E-state index is 2.00. The zero-order valence-corrected chi connectivity index (χ0v) is 11.3. The minimum atomic E-state index is 0. The zero-order valence-electron chi connectivity index (χ0n) is 9.01. The number of hydrogen-bond donors (Lipinski definition) is 0. The third kappa shape index (κ3) is 9.91. The van der Waals surface area contributed by atoms with E-state index in [9.17, 15) is 0 Å². The summed E-state index contributed by atoms with van der Waals surface area (Å²) < 4.78 is 0. The van der Waals surface area contributed by atoms with E-state index in [2.05, 4.69) is 0 Å². The third-order valence-corrected chi connectivity index (χ3v) is 1.67. The minimum absolute atomic E-state index is 0. The molecular weight excluding hydrogens is 337 g/mol. The van der Waals surface area contributed by atoms with Crippen LogP contribution in [-0.4, -0.2) is 0 Å². The van der Waals surface area contributed by atoms with Crippen LogP contribution in [-0.2, 0) is 0 Å². The maximum Gasteiger partial charge on any atom is 0 e. The molecule has 0 unspecified atom stereocenters. The molecule has 0 aliphatic heterocycles. The average Bonchev–Trinajstić information content (AvgIpc) is 3.09. The molecule has 0 aliphatic rings. The smallest absolute Gasteiger partial charge is 0 e. The van der Waals surface area contributed by atoms with Crippen LogP contribution in [0.4, 0.5) is 0 Å². The van der Waals surface area contributed by atoms with Gasteiger partial charge in [-0.05, 0) is 0 Å². The monoisotopic (exact) mass is 353 g/mol. The van der Waals surface area contributed by atoms with Crippen LogP contribution >= 0.6 is 0 Å². The van der Waals surface area contributed by atoms with Gasteiger partial charge in [-0.2, -0.15) is 54.6 Å². The van der Waals surface area contributed by atoms with E-state index >= 15 is 0 Å². The quantitative estimate of drug-likeness (QED) is 0.532. The van der Waals surface area contributed by atoms with Gasteiger partial charge in [0.05, 0.1) is 0 Å². The number of rotatable bonds is 0. The van der Waals surface area contributed by atoms with E-state index in [1.165, 1.54) is 0 Å². The van der Waals surface area contributed by atoms with Crippen LogP contribution in [0.5, 0.6) is 0 Å². The predicted octanol–water partition coefficient (Wildman–Crippen LogP) is 4.22. The molecule has 3 aromatic rings. The van der Waals surface area contributed by atoms with Crippen molar-refractivity contribution in [2.45, 2.75) is 0 Å². The molecule has 0 aliphatic carbocycles. The molecule has 0 N–H and O–H groups in total. The van der Waals surface area contributed by atoms with Crippen molar-refractivity contribution in [1.82, 2.24) is 0 Å². The summed E-state index contributed by atoms with van der Waals surface area (Å²) in [5, 5.41) is 0. The van der Waals surface area contributed by atoms with Gasteiger partial charge in [0.1, 0.15) is 0 Å². The van der Waals surface area contributed by atoms with E-state index in [0.29, 0.717) is 0 Å². The summed E-state index contributed by atoms with van der Waals surface area (Å²) >= 11 is 0. The van der Waals surface area contributed by atoms with Gasteiger partial charge in [0, 0.05) is 39.9 Å². The first-order valence-corrected chi connectivity index (χ1v) is 5.00. The molecule has 3 aromatic carbocycles. The molecule has 0 nitrogen and oxygen atoms in total. The van der Waals surface area contributed by atoms with Gasteiger partial charge in [-0.3, -0.25) is 0 Å². The first-order valence-electron chi connectivity index (χ1n) is 5.00. The molecule has 16 heavy (non-hydrogen) atoms. The standard InChI is InChI=1S/3C5H5.Gd/c3*1-2-4-5-3-1;/h3*1-5H;/q3*-1;. The SMILES string of the molecule is [Gd].c1cc[cH-]c1.c1cc[cH-]c1.c1cc[cH-]c1. The van der Waals surface area contributed by atoms with Gasteiger partial charge in [0.15, 0.2) is 0 Å². The molecule has 0 saturated heterocycles. The van der Waals surface area contributed by atoms with Gasteiger partial charge in [0.2, 0.25) is 0 Å². The molecule has 86 valence electrons. The molecule has 0 aromatic heterocycles. The minimum Gasteiger partial charge on any atom is -0.214 e. The molecule has 0 fully saturated rings. The molecule has 0 saturated carbocycles. The van der Waals surface area contributed by atoms with E-state index in [1.54, 1.807) is 0 Å². The zero-order chi connectivity index (χ0) is 10.6. The van der Waals surface area contributed by atoms with Crippen molar-refractivity contribution in [2.24, 2.45) is 0 Å². The van der Waals surface area contributed by atoms with Gasteiger partial charge in [-0.25, -0.2) is 36.4 Å². The third-order valence-electron chi connectivity index (χ3n) is 1.67. The van der Waals surface area contributed by atoms with Crippen molar-refractivity contribution in [3.8, 4) is 0 Å². The summed E-state index contributed by atoms with van der Waals surface area (Å²) in [6.45, 7) is 0. The fourth-order valence-corrected chi connectivity index (χ4v) is 0.962. The molecule has 3 rings (SSSR count).